The number of hydrogen-bond acceptors (Lipinski definition) is 14. The van der Waals surface area contributed by atoms with Crippen molar-refractivity contribution in [2.24, 2.45) is 11.7 Å². The monoisotopic (exact) mass is 975 g/mol. The third-order valence-corrected chi connectivity index (χ3v) is 14.4. The molecule has 6 N–H and O–H groups in total. The van der Waals surface area contributed by atoms with Crippen LogP contribution in [0.25, 0.3) is 0 Å². The molecule has 67 heavy (non-hydrogen) atoms. The highest BCUT2D eigenvalue weighted by molar-refractivity contribution is 8.01. The standard InChI is InChI=1S/C48H70ClN5O12S/c1-28-13-12-14-37(63-11)48(61)26-36(64-45(60)52-48)29(2)42-47(7,66-42)38(25-41(57)53(8)22-20-32(23-28)24-35(62-10)30(3)49)65-44(59)31(4)54(9)40(56)19-21-46(5,6)67-27-39(55)51-34-17-15-33(16-18-34)43(50)58/h13,15-18,20,24,29,31,36-38,42,45,52,60-61H,3,12,14,19,21-23,25-27H2,1-2,4-11H3,(H2,50,58)(H,51,55)/b28-13+,32-20-,35-24+/t29-,31+,36?,37-,38+,42+,45-,47+,48+/m1/s1. The van der Waals surface area contributed by atoms with E-state index in [4.69, 9.17) is 41.0 Å². The van der Waals surface area contributed by atoms with E-state index in [0.717, 1.165) is 11.1 Å². The summed E-state index contributed by atoms with van der Waals surface area (Å²) in [7, 11) is 6.13. The molecule has 3 heterocycles. The maximum absolute atomic E-state index is 14.1. The van der Waals surface area contributed by atoms with Gasteiger partial charge in [-0.3, -0.25) is 19.2 Å². The van der Waals surface area contributed by atoms with Crippen molar-refractivity contribution in [2.45, 2.75) is 139 Å². The fourth-order valence-corrected chi connectivity index (χ4v) is 9.16. The Bertz CT molecular complexity index is 2060. The smallest absolute Gasteiger partial charge is 0.328 e. The van der Waals surface area contributed by atoms with Gasteiger partial charge >= 0.3 is 5.97 Å². The number of aliphatic hydroxyl groups excluding tert-OH is 1. The van der Waals surface area contributed by atoms with Crippen LogP contribution in [0.3, 0.4) is 0 Å². The number of nitrogens with two attached hydrogens (primary N) is 1. The van der Waals surface area contributed by atoms with Crippen LogP contribution >= 0.6 is 23.4 Å². The number of nitrogens with zero attached hydrogens (tertiary/aromatic N) is 2. The van der Waals surface area contributed by atoms with Gasteiger partial charge < -0.3 is 54.7 Å². The summed E-state index contributed by atoms with van der Waals surface area (Å²) in [6.45, 7) is 14.9. The average molecular weight is 977 g/mol. The first-order chi connectivity index (χ1) is 31.3. The summed E-state index contributed by atoms with van der Waals surface area (Å²) in [4.78, 5) is 68.6. The van der Waals surface area contributed by atoms with Gasteiger partial charge in [-0.05, 0) is 82.4 Å². The minimum Gasteiger partial charge on any atom is -0.495 e. The molecule has 0 aromatic heterocycles. The molecule has 2 saturated heterocycles. The Morgan fingerprint density at radius 2 is 1.87 bits per heavy atom. The first kappa shape index (κ1) is 55.3. The quantitative estimate of drug-likeness (QED) is 0.0506. The summed E-state index contributed by atoms with van der Waals surface area (Å²) in [6.07, 6.45) is 2.50. The molecule has 0 saturated carbocycles. The summed E-state index contributed by atoms with van der Waals surface area (Å²) >= 11 is 7.60. The molecule has 3 aliphatic rings. The van der Waals surface area contributed by atoms with Gasteiger partial charge in [0.1, 0.15) is 29.2 Å². The molecule has 0 aliphatic carbocycles. The predicted molar refractivity (Wildman–Crippen MR) is 256 cm³/mol. The van der Waals surface area contributed by atoms with E-state index in [0.29, 0.717) is 42.7 Å². The molecule has 0 radical (unpaired) electrons. The fourth-order valence-electron chi connectivity index (χ4n) is 8.19. The number of nitrogens with one attached hydrogen (secondary N) is 2. The number of amides is 4. The van der Waals surface area contributed by atoms with E-state index in [1.807, 2.05) is 39.8 Å². The summed E-state index contributed by atoms with van der Waals surface area (Å²) in [5.41, 5.74) is 5.03. The number of thioether (sulfide) groups is 1. The van der Waals surface area contributed by atoms with Gasteiger partial charge in [-0.1, -0.05) is 56.7 Å². The third kappa shape index (κ3) is 15.4. The number of ether oxygens (including phenoxy) is 5. The van der Waals surface area contributed by atoms with Crippen molar-refractivity contribution in [3.63, 3.8) is 0 Å². The number of rotatable bonds is 15. The van der Waals surface area contributed by atoms with E-state index in [2.05, 4.69) is 17.2 Å². The number of epoxide rings is 1. The summed E-state index contributed by atoms with van der Waals surface area (Å²) in [5.74, 6) is -2.26. The van der Waals surface area contributed by atoms with Crippen LogP contribution in [0, 0.1) is 5.92 Å². The Kier molecular flexibility index (Phi) is 19.7. The number of halogens is 1. The second kappa shape index (κ2) is 23.8. The minimum atomic E-state index is -1.69. The SMILES string of the molecule is C=C(Cl)/C(=C\C1=C/CN(C)C(=O)C[C@H](OC(=O)[C@H](C)N(C)C(=O)CCC(C)(C)SCC(=O)Nc2ccc(C(N)=O)cc2)[C@]2(C)O[C@H]2[C@H](C)C2C[C@@](O)(N[C@H](O)O2)[C@H](OC)CC/C=C(\C)C1)OC. The van der Waals surface area contributed by atoms with E-state index in [9.17, 15) is 34.2 Å². The molecule has 2 fully saturated rings. The molecule has 3 aliphatic heterocycles. The fraction of sp³-hybridized carbons (Fsp3) is 0.604. The largest absolute Gasteiger partial charge is 0.495 e. The van der Waals surface area contributed by atoms with Crippen LogP contribution in [0.2, 0.25) is 0 Å². The lowest BCUT2D eigenvalue weighted by Crippen LogP contribution is -2.65. The first-order valence-electron chi connectivity index (χ1n) is 22.4. The number of carbonyl (C=O) groups is 5. The van der Waals surface area contributed by atoms with Crippen LogP contribution in [-0.2, 0) is 42.9 Å². The average Bonchev–Trinajstić information content (AvgIpc) is 3.97. The lowest BCUT2D eigenvalue weighted by Gasteiger charge is -2.45. The van der Waals surface area contributed by atoms with Gasteiger partial charge in [0.15, 0.2) is 0 Å². The van der Waals surface area contributed by atoms with Crippen molar-refractivity contribution in [2.75, 3.05) is 45.9 Å². The second-order valence-corrected chi connectivity index (χ2v) is 20.6. The van der Waals surface area contributed by atoms with Crippen molar-refractivity contribution in [1.29, 1.82) is 0 Å². The zero-order chi connectivity index (χ0) is 50.0. The maximum Gasteiger partial charge on any atom is 0.328 e. The van der Waals surface area contributed by atoms with Crippen LogP contribution in [0.5, 0.6) is 0 Å². The van der Waals surface area contributed by atoms with Crippen molar-refractivity contribution >= 4 is 58.6 Å². The van der Waals surface area contributed by atoms with Crippen LogP contribution in [-0.4, -0.2) is 143 Å². The second-order valence-electron chi connectivity index (χ2n) is 18.4. The van der Waals surface area contributed by atoms with E-state index in [1.165, 1.54) is 55.0 Å². The molecular weight excluding hydrogens is 906 g/mol. The Hall–Kier alpha value is -4.27. The van der Waals surface area contributed by atoms with Crippen molar-refractivity contribution in [3.05, 3.63) is 76.6 Å². The number of likely N-dealkylation sites (N-methyl/N-ethyl adjacent to an activating group) is 2. The molecule has 4 amide bonds. The van der Waals surface area contributed by atoms with Crippen molar-refractivity contribution in [1.82, 2.24) is 15.1 Å². The van der Waals surface area contributed by atoms with Crippen LogP contribution in [0.15, 0.2) is 71.0 Å². The lowest BCUT2D eigenvalue weighted by atomic mass is 9.83. The molecule has 1 aromatic carbocycles. The predicted octanol–water partition coefficient (Wildman–Crippen LogP) is 5.11. The van der Waals surface area contributed by atoms with Gasteiger partial charge in [0, 0.05) is 62.5 Å². The molecule has 1 aromatic rings. The molecule has 1 unspecified atom stereocenters. The molecule has 0 spiro atoms. The minimum absolute atomic E-state index is 0.0226. The molecule has 2 bridgehead atoms. The Morgan fingerprint density at radius 3 is 2.48 bits per heavy atom. The highest BCUT2D eigenvalue weighted by atomic mass is 35.5. The van der Waals surface area contributed by atoms with Gasteiger partial charge in [-0.25, -0.2) is 10.1 Å². The maximum atomic E-state index is 14.1. The number of esters is 1. The summed E-state index contributed by atoms with van der Waals surface area (Å²) in [6, 6.07) is 5.18. The van der Waals surface area contributed by atoms with Gasteiger partial charge in [-0.2, -0.15) is 0 Å². The Morgan fingerprint density at radius 1 is 1.19 bits per heavy atom. The van der Waals surface area contributed by atoms with Crippen molar-refractivity contribution < 1.29 is 57.9 Å². The molecule has 4 rings (SSSR count). The third-order valence-electron chi connectivity index (χ3n) is 12.8. The number of fused-ring (bicyclic) bond motifs is 3. The Balaban J connectivity index is 1.52. The van der Waals surface area contributed by atoms with Gasteiger partial charge in [0.25, 0.3) is 0 Å². The molecule has 372 valence electrons. The number of primary amides is 1. The summed E-state index contributed by atoms with van der Waals surface area (Å²) in [5, 5.41) is 28.5. The van der Waals surface area contributed by atoms with E-state index < -0.39 is 70.7 Å². The van der Waals surface area contributed by atoms with Gasteiger partial charge in [0.05, 0.1) is 42.6 Å². The van der Waals surface area contributed by atoms with Crippen molar-refractivity contribution in [3.8, 4) is 0 Å². The number of benzene rings is 1. The molecular formula is C48H70ClN5O12S. The van der Waals surface area contributed by atoms with Crippen LogP contribution < -0.4 is 16.4 Å². The molecule has 9 atom stereocenters. The number of allylic oxidation sites excluding steroid dienone is 5. The lowest BCUT2D eigenvalue weighted by molar-refractivity contribution is -0.276. The Labute approximate surface area is 403 Å². The highest BCUT2D eigenvalue weighted by Gasteiger charge is 2.64. The van der Waals surface area contributed by atoms with Gasteiger partial charge in [-0.15, -0.1) is 11.8 Å². The topological polar surface area (TPSA) is 232 Å². The number of carbonyl (C=O) groups excluding carboxylic acids is 5. The summed E-state index contributed by atoms with van der Waals surface area (Å²) < 4.78 is 29.2. The van der Waals surface area contributed by atoms with Gasteiger partial charge in [0.2, 0.25) is 30.0 Å². The highest BCUT2D eigenvalue weighted by Crippen LogP contribution is 2.49. The molecule has 19 heteroatoms. The van der Waals surface area contributed by atoms with E-state index in [-0.39, 0.29) is 54.3 Å². The van der Waals surface area contributed by atoms with E-state index in [1.54, 1.807) is 39.1 Å². The number of hydrogen-bond donors (Lipinski definition) is 5. The zero-order valence-corrected chi connectivity index (χ0v) is 42.0. The normalized spacial score (nSPS) is 29.8. The molecule has 17 nitrogen and oxygen atoms in total. The zero-order valence-electron chi connectivity index (χ0n) is 40.4. The number of aliphatic hydroxyl groups is 2. The van der Waals surface area contributed by atoms with Crippen LogP contribution in [0.1, 0.15) is 96.8 Å². The van der Waals surface area contributed by atoms with E-state index >= 15 is 0 Å². The van der Waals surface area contributed by atoms with Crippen LogP contribution in [0.4, 0.5) is 5.69 Å². The number of methoxy groups -OCH3 is 2. The first-order valence-corrected chi connectivity index (χ1v) is 23.7. The number of anilines is 1.